The van der Waals surface area contributed by atoms with Crippen molar-refractivity contribution in [3.05, 3.63) is 113 Å². The summed E-state index contributed by atoms with van der Waals surface area (Å²) in [6.45, 7) is 3.57. The number of carbonyl (C=O) groups excluding carboxylic acids is 1. The van der Waals surface area contributed by atoms with E-state index in [1.54, 1.807) is 30.3 Å². The maximum absolute atomic E-state index is 13.6. The monoisotopic (exact) mass is 617 g/mol. The average molecular weight is 619 g/mol. The molecule has 4 rings (SSSR count). The number of halogens is 2. The summed E-state index contributed by atoms with van der Waals surface area (Å²) in [6, 6.07) is 16.9. The minimum absolute atomic E-state index is 0.0113. The minimum atomic E-state index is -4.21. The molecule has 4 aromatic rings. The zero-order valence-electron chi connectivity index (χ0n) is 20.5. The lowest BCUT2D eigenvalue weighted by Crippen LogP contribution is -2.31. The first-order chi connectivity index (χ1) is 19.0. The lowest BCUT2D eigenvalue weighted by molar-refractivity contribution is 0.102. The molecular weight excluding hydrogens is 597 g/mol. The molecule has 0 saturated carbocycles. The van der Waals surface area contributed by atoms with Crippen molar-refractivity contribution < 1.29 is 21.6 Å². The maximum atomic E-state index is 13.6. The fourth-order valence-electron chi connectivity index (χ4n) is 3.48. The number of carbonyl (C=O) groups is 1. The molecule has 206 valence electrons. The van der Waals surface area contributed by atoms with Gasteiger partial charge in [-0.15, -0.1) is 6.58 Å². The van der Waals surface area contributed by atoms with E-state index >= 15 is 0 Å². The minimum Gasteiger partial charge on any atom is -0.322 e. The molecule has 0 bridgehead atoms. The van der Waals surface area contributed by atoms with Gasteiger partial charge in [0.05, 0.1) is 22.2 Å². The van der Waals surface area contributed by atoms with Crippen LogP contribution in [0.1, 0.15) is 10.4 Å². The predicted molar refractivity (Wildman–Crippen MR) is 155 cm³/mol. The van der Waals surface area contributed by atoms with Crippen molar-refractivity contribution >= 4 is 66.5 Å². The molecule has 0 aliphatic heterocycles. The van der Waals surface area contributed by atoms with Crippen LogP contribution in [0.3, 0.4) is 0 Å². The van der Waals surface area contributed by atoms with E-state index < -0.39 is 26.0 Å². The van der Waals surface area contributed by atoms with Crippen molar-refractivity contribution in [1.29, 1.82) is 0 Å². The van der Waals surface area contributed by atoms with Crippen LogP contribution in [0, 0.1) is 0 Å². The molecule has 0 radical (unpaired) electrons. The second-order valence-corrected chi connectivity index (χ2v) is 12.5. The Morgan fingerprint density at radius 2 is 1.57 bits per heavy atom. The highest BCUT2D eigenvalue weighted by Gasteiger charge is 2.28. The number of anilines is 3. The predicted octanol–water partition coefficient (Wildman–Crippen LogP) is 5.22. The zero-order chi connectivity index (χ0) is 28.9. The van der Waals surface area contributed by atoms with Crippen molar-refractivity contribution in [2.24, 2.45) is 0 Å². The molecule has 3 aromatic carbocycles. The third-order valence-electron chi connectivity index (χ3n) is 5.38. The van der Waals surface area contributed by atoms with E-state index in [0.29, 0.717) is 10.7 Å². The molecule has 0 unspecified atom stereocenters. The molecule has 0 aliphatic carbocycles. The molecule has 0 saturated heterocycles. The molecule has 14 heteroatoms. The summed E-state index contributed by atoms with van der Waals surface area (Å²) in [5.74, 6) is -0.725. The first-order valence-corrected chi connectivity index (χ1v) is 15.1. The number of aromatic nitrogens is 2. The van der Waals surface area contributed by atoms with Crippen molar-refractivity contribution in [3.8, 4) is 0 Å². The lowest BCUT2D eigenvalue weighted by atomic mass is 10.2. The van der Waals surface area contributed by atoms with E-state index in [0.717, 1.165) is 4.31 Å². The molecule has 10 nitrogen and oxygen atoms in total. The van der Waals surface area contributed by atoms with E-state index in [4.69, 9.17) is 23.2 Å². The van der Waals surface area contributed by atoms with Gasteiger partial charge < -0.3 is 5.32 Å². The molecule has 40 heavy (non-hydrogen) atoms. The molecule has 1 aromatic heterocycles. The summed E-state index contributed by atoms with van der Waals surface area (Å²) in [6.07, 6.45) is 4.21. The van der Waals surface area contributed by atoms with Crippen molar-refractivity contribution in [2.75, 3.05) is 20.9 Å². The topological polar surface area (TPSA) is 138 Å². The zero-order valence-corrected chi connectivity index (χ0v) is 23.7. The van der Waals surface area contributed by atoms with Crippen LogP contribution in [0.15, 0.2) is 108 Å². The number of sulfonamides is 2. The SMILES string of the molecule is C=CCN(c1ccc(Cl)cc1)S(=O)(=O)c1cc(C(=O)Nc2ccc(S(=O)(=O)Nc3ncccn3)cc2)ccc1Cl. The molecule has 0 fully saturated rings. The van der Waals surface area contributed by atoms with Crippen molar-refractivity contribution in [1.82, 2.24) is 9.97 Å². The summed E-state index contributed by atoms with van der Waals surface area (Å²) in [4.78, 5) is 20.3. The number of benzene rings is 3. The van der Waals surface area contributed by atoms with Gasteiger partial charge in [0.15, 0.2) is 0 Å². The molecule has 1 amide bonds. The Kier molecular flexibility index (Phi) is 8.74. The number of hydrogen-bond donors (Lipinski definition) is 2. The van der Waals surface area contributed by atoms with Gasteiger partial charge in [-0.05, 0) is 72.8 Å². The van der Waals surface area contributed by atoms with E-state index in [-0.39, 0.29) is 38.6 Å². The summed E-state index contributed by atoms with van der Waals surface area (Å²) < 4.78 is 55.7. The van der Waals surface area contributed by atoms with Crippen LogP contribution in [-0.4, -0.2) is 39.3 Å². The van der Waals surface area contributed by atoms with E-state index in [1.807, 2.05) is 0 Å². The first-order valence-electron chi connectivity index (χ1n) is 11.4. The van der Waals surface area contributed by atoms with Gasteiger partial charge in [-0.2, -0.15) is 0 Å². The Balaban J connectivity index is 1.56. The van der Waals surface area contributed by atoms with Gasteiger partial charge >= 0.3 is 0 Å². The van der Waals surface area contributed by atoms with Crippen LogP contribution >= 0.6 is 23.2 Å². The summed E-state index contributed by atoms with van der Waals surface area (Å²) in [5.41, 5.74) is 0.615. The van der Waals surface area contributed by atoms with Crippen molar-refractivity contribution in [3.63, 3.8) is 0 Å². The molecule has 0 atom stereocenters. The fraction of sp³-hybridized carbons (Fsp3) is 0.0385. The van der Waals surface area contributed by atoms with Gasteiger partial charge in [0.2, 0.25) is 5.95 Å². The number of amides is 1. The summed E-state index contributed by atoms with van der Waals surface area (Å²) in [7, 11) is -8.18. The highest BCUT2D eigenvalue weighted by atomic mass is 35.5. The van der Waals surface area contributed by atoms with Gasteiger partial charge in [0.1, 0.15) is 4.90 Å². The Morgan fingerprint density at radius 1 is 0.925 bits per heavy atom. The van der Waals surface area contributed by atoms with Crippen molar-refractivity contribution in [2.45, 2.75) is 9.79 Å². The van der Waals surface area contributed by atoms with E-state index in [9.17, 15) is 21.6 Å². The number of hydrogen-bond acceptors (Lipinski definition) is 7. The normalized spacial score (nSPS) is 11.4. The van der Waals surface area contributed by atoms with Gasteiger partial charge in [-0.25, -0.2) is 31.5 Å². The van der Waals surface area contributed by atoms with Gasteiger partial charge in [-0.1, -0.05) is 29.3 Å². The van der Waals surface area contributed by atoms with Gasteiger partial charge in [0.25, 0.3) is 26.0 Å². The Bertz CT molecular complexity index is 1750. The van der Waals surface area contributed by atoms with E-state index in [2.05, 4.69) is 26.6 Å². The van der Waals surface area contributed by atoms with Crippen LogP contribution in [0.25, 0.3) is 0 Å². The second-order valence-electron chi connectivity index (χ2n) is 8.10. The van der Waals surface area contributed by atoms with Crippen LogP contribution < -0.4 is 14.3 Å². The molecule has 2 N–H and O–H groups in total. The molecule has 1 heterocycles. The quantitative estimate of drug-likeness (QED) is 0.233. The van der Waals surface area contributed by atoms with Crippen LogP contribution in [0.4, 0.5) is 17.3 Å². The third kappa shape index (κ3) is 6.59. The van der Waals surface area contributed by atoms with Gasteiger partial charge in [0, 0.05) is 28.7 Å². The highest BCUT2D eigenvalue weighted by molar-refractivity contribution is 7.93. The number of nitrogens with one attached hydrogen (secondary N) is 2. The highest BCUT2D eigenvalue weighted by Crippen LogP contribution is 2.30. The Morgan fingerprint density at radius 3 is 2.20 bits per heavy atom. The summed E-state index contributed by atoms with van der Waals surface area (Å²) in [5, 5.41) is 2.97. The number of nitrogens with zero attached hydrogens (tertiary/aromatic N) is 3. The Hall–Kier alpha value is -3.97. The number of rotatable bonds is 10. The molecule has 0 spiro atoms. The average Bonchev–Trinajstić information content (AvgIpc) is 2.93. The van der Waals surface area contributed by atoms with Crippen LogP contribution in [0.2, 0.25) is 10.0 Å². The van der Waals surface area contributed by atoms with Crippen LogP contribution in [0.5, 0.6) is 0 Å². The summed E-state index contributed by atoms with van der Waals surface area (Å²) >= 11 is 12.2. The second kappa shape index (κ2) is 12.0. The first kappa shape index (κ1) is 29.0. The largest absolute Gasteiger partial charge is 0.322 e. The lowest BCUT2D eigenvalue weighted by Gasteiger charge is -2.24. The Labute approximate surface area is 241 Å². The fourth-order valence-corrected chi connectivity index (χ4v) is 6.50. The molecular formula is C26H21Cl2N5O5S2. The molecule has 0 aliphatic rings. The van der Waals surface area contributed by atoms with Crippen LogP contribution in [-0.2, 0) is 20.0 Å². The third-order valence-corrected chi connectivity index (χ3v) is 9.26. The smallest absolute Gasteiger partial charge is 0.266 e. The van der Waals surface area contributed by atoms with E-state index in [1.165, 1.54) is 60.9 Å². The maximum Gasteiger partial charge on any atom is 0.266 e. The van der Waals surface area contributed by atoms with Gasteiger partial charge in [-0.3, -0.25) is 9.10 Å². The standard InChI is InChI=1S/C26H21Cl2N5O5S2/c1-2-16-33(21-9-5-19(27)6-10-21)40(37,38)24-17-18(4-13-23(24)28)25(34)31-20-7-11-22(12-8-20)39(35,36)32-26-29-14-3-15-30-26/h2-15,17H,1,16H2,(H,31,34)(H,29,30,32).